The number of rotatable bonds is 6. The number of carbonyl (C=O) groups excluding carboxylic acids is 1. The van der Waals surface area contributed by atoms with E-state index in [4.69, 9.17) is 13.7 Å². The molecule has 2 aromatic heterocycles. The molecule has 2 amide bonds. The first kappa shape index (κ1) is 15.6. The summed E-state index contributed by atoms with van der Waals surface area (Å²) in [6.45, 7) is 0.418. The van der Waals surface area contributed by atoms with Crippen LogP contribution >= 0.6 is 0 Å². The fourth-order valence-corrected chi connectivity index (χ4v) is 2.06. The predicted octanol–water partition coefficient (Wildman–Crippen LogP) is 2.34. The molecular formula is C16H16N4O4. The first-order valence-electron chi connectivity index (χ1n) is 7.26. The molecule has 8 nitrogen and oxygen atoms in total. The smallest absolute Gasteiger partial charge is 0.315 e. The Morgan fingerprint density at radius 2 is 2.00 bits per heavy atom. The molecule has 0 aliphatic heterocycles. The zero-order chi connectivity index (χ0) is 16.8. The van der Waals surface area contributed by atoms with Gasteiger partial charge in [0.05, 0.1) is 32.0 Å². The average Bonchev–Trinajstić information content (AvgIpc) is 3.29. The molecule has 0 atom stereocenters. The number of methoxy groups -OCH3 is 1. The lowest BCUT2D eigenvalue weighted by Crippen LogP contribution is -2.34. The number of hydrogen-bond acceptors (Lipinski definition) is 6. The molecule has 0 saturated carbocycles. The van der Waals surface area contributed by atoms with Crippen molar-refractivity contribution >= 4 is 6.03 Å². The van der Waals surface area contributed by atoms with Gasteiger partial charge in [-0.3, -0.25) is 0 Å². The van der Waals surface area contributed by atoms with Crippen LogP contribution in [0.25, 0.3) is 11.4 Å². The zero-order valence-corrected chi connectivity index (χ0v) is 13.0. The van der Waals surface area contributed by atoms with Crippen LogP contribution in [0.2, 0.25) is 0 Å². The van der Waals surface area contributed by atoms with Gasteiger partial charge in [-0.2, -0.15) is 4.98 Å². The molecule has 0 fully saturated rings. The first-order chi connectivity index (χ1) is 11.8. The SMILES string of the molecule is COc1ccccc1-c1noc(CNC(=O)NCc2ccco2)n1. The second kappa shape index (κ2) is 7.32. The fourth-order valence-electron chi connectivity index (χ4n) is 2.06. The van der Waals surface area contributed by atoms with E-state index in [-0.39, 0.29) is 12.6 Å². The number of amides is 2. The Labute approximate surface area is 137 Å². The van der Waals surface area contributed by atoms with Crippen LogP contribution in [0.15, 0.2) is 51.6 Å². The van der Waals surface area contributed by atoms with Crippen LogP contribution in [0.1, 0.15) is 11.7 Å². The van der Waals surface area contributed by atoms with Crippen molar-refractivity contribution < 1.29 is 18.5 Å². The van der Waals surface area contributed by atoms with Crippen molar-refractivity contribution in [3.63, 3.8) is 0 Å². The van der Waals surface area contributed by atoms with Crippen LogP contribution in [0.4, 0.5) is 4.79 Å². The molecule has 0 saturated heterocycles. The molecule has 0 aliphatic carbocycles. The van der Waals surface area contributed by atoms with Gasteiger partial charge in [-0.15, -0.1) is 0 Å². The third-order valence-electron chi connectivity index (χ3n) is 3.22. The summed E-state index contributed by atoms with van der Waals surface area (Å²) in [5.41, 5.74) is 0.720. The molecular weight excluding hydrogens is 312 g/mol. The van der Waals surface area contributed by atoms with Gasteiger partial charge in [-0.25, -0.2) is 4.79 Å². The van der Waals surface area contributed by atoms with Gasteiger partial charge in [-0.05, 0) is 24.3 Å². The number of hydrogen-bond donors (Lipinski definition) is 2. The van der Waals surface area contributed by atoms with E-state index in [1.165, 1.54) is 0 Å². The van der Waals surface area contributed by atoms with E-state index in [9.17, 15) is 4.79 Å². The Morgan fingerprint density at radius 3 is 2.79 bits per heavy atom. The molecule has 0 unspecified atom stereocenters. The van der Waals surface area contributed by atoms with Crippen LogP contribution in [0, 0.1) is 0 Å². The van der Waals surface area contributed by atoms with Crippen molar-refractivity contribution in [3.05, 3.63) is 54.3 Å². The number of carbonyl (C=O) groups is 1. The highest BCUT2D eigenvalue weighted by Gasteiger charge is 2.13. The Kier molecular flexibility index (Phi) is 4.76. The summed E-state index contributed by atoms with van der Waals surface area (Å²) in [7, 11) is 1.57. The molecule has 0 spiro atoms. The molecule has 3 rings (SSSR count). The van der Waals surface area contributed by atoms with Crippen molar-refractivity contribution in [2.75, 3.05) is 7.11 Å². The van der Waals surface area contributed by atoms with Crippen LogP contribution in [-0.2, 0) is 13.1 Å². The van der Waals surface area contributed by atoms with E-state index >= 15 is 0 Å². The van der Waals surface area contributed by atoms with E-state index in [2.05, 4.69) is 20.8 Å². The molecule has 0 aliphatic rings. The zero-order valence-electron chi connectivity index (χ0n) is 13.0. The molecule has 2 heterocycles. The van der Waals surface area contributed by atoms with Crippen molar-refractivity contribution in [1.82, 2.24) is 20.8 Å². The summed E-state index contributed by atoms with van der Waals surface area (Å²) in [5.74, 6) is 2.01. The molecule has 24 heavy (non-hydrogen) atoms. The number of aromatic nitrogens is 2. The van der Waals surface area contributed by atoms with Gasteiger partial charge in [0.25, 0.3) is 0 Å². The standard InChI is InChI=1S/C16H16N4O4/c1-22-13-7-3-2-6-12(13)15-19-14(24-20-15)10-18-16(21)17-9-11-5-4-8-23-11/h2-8H,9-10H2,1H3,(H2,17,18,21). The topological polar surface area (TPSA) is 102 Å². The Morgan fingerprint density at radius 1 is 1.17 bits per heavy atom. The normalized spacial score (nSPS) is 10.4. The molecule has 0 bridgehead atoms. The van der Waals surface area contributed by atoms with Gasteiger partial charge in [-0.1, -0.05) is 17.3 Å². The number of ether oxygens (including phenoxy) is 1. The predicted molar refractivity (Wildman–Crippen MR) is 84.1 cm³/mol. The van der Waals surface area contributed by atoms with E-state index in [0.717, 1.165) is 5.56 Å². The molecule has 8 heteroatoms. The fraction of sp³-hybridized carbons (Fsp3) is 0.188. The minimum Gasteiger partial charge on any atom is -0.496 e. The molecule has 124 valence electrons. The van der Waals surface area contributed by atoms with Crippen LogP contribution in [0.3, 0.4) is 0 Å². The summed E-state index contributed by atoms with van der Waals surface area (Å²) >= 11 is 0. The lowest BCUT2D eigenvalue weighted by molar-refractivity contribution is 0.237. The van der Waals surface area contributed by atoms with Gasteiger partial charge in [0.2, 0.25) is 11.7 Å². The minimum atomic E-state index is -0.358. The van der Waals surface area contributed by atoms with Gasteiger partial charge < -0.3 is 24.3 Å². The van der Waals surface area contributed by atoms with Gasteiger partial charge in [0.15, 0.2) is 0 Å². The van der Waals surface area contributed by atoms with Crippen molar-refractivity contribution in [3.8, 4) is 17.1 Å². The average molecular weight is 328 g/mol. The number of urea groups is 1. The maximum Gasteiger partial charge on any atom is 0.315 e. The maximum absolute atomic E-state index is 11.7. The monoisotopic (exact) mass is 328 g/mol. The largest absolute Gasteiger partial charge is 0.496 e. The van der Waals surface area contributed by atoms with Crippen molar-refractivity contribution in [2.24, 2.45) is 0 Å². The minimum absolute atomic E-state index is 0.117. The third-order valence-corrected chi connectivity index (χ3v) is 3.22. The summed E-state index contributed by atoms with van der Waals surface area (Å²) in [5, 5.41) is 9.20. The highest BCUT2D eigenvalue weighted by Crippen LogP contribution is 2.26. The van der Waals surface area contributed by atoms with Crippen LogP contribution in [-0.4, -0.2) is 23.3 Å². The van der Waals surface area contributed by atoms with Gasteiger partial charge in [0.1, 0.15) is 11.5 Å². The summed E-state index contributed by atoms with van der Waals surface area (Å²) in [6.07, 6.45) is 1.55. The third kappa shape index (κ3) is 3.72. The van der Waals surface area contributed by atoms with Crippen LogP contribution in [0.5, 0.6) is 5.75 Å². The molecule has 1 aromatic carbocycles. The van der Waals surface area contributed by atoms with E-state index < -0.39 is 0 Å². The van der Waals surface area contributed by atoms with Crippen molar-refractivity contribution in [1.29, 1.82) is 0 Å². The molecule has 0 radical (unpaired) electrons. The molecule has 2 N–H and O–H groups in total. The first-order valence-corrected chi connectivity index (χ1v) is 7.26. The maximum atomic E-state index is 11.7. The highest BCUT2D eigenvalue weighted by atomic mass is 16.5. The molecule has 3 aromatic rings. The second-order valence-corrected chi connectivity index (χ2v) is 4.83. The Bertz CT molecular complexity index is 798. The number of nitrogens with one attached hydrogen (secondary N) is 2. The number of nitrogens with zero attached hydrogens (tertiary/aromatic N) is 2. The quantitative estimate of drug-likeness (QED) is 0.720. The summed E-state index contributed by atoms with van der Waals surface area (Å²) in [4.78, 5) is 16.0. The van der Waals surface area contributed by atoms with Crippen LogP contribution < -0.4 is 15.4 Å². The Balaban J connectivity index is 1.55. The summed E-state index contributed by atoms with van der Waals surface area (Å²) in [6, 6.07) is 10.5. The summed E-state index contributed by atoms with van der Waals surface area (Å²) < 4.78 is 15.5. The second-order valence-electron chi connectivity index (χ2n) is 4.83. The van der Waals surface area contributed by atoms with E-state index in [0.29, 0.717) is 29.8 Å². The Hall–Kier alpha value is -3.29. The lowest BCUT2D eigenvalue weighted by Gasteiger charge is -2.04. The van der Waals surface area contributed by atoms with E-state index in [1.807, 2.05) is 24.3 Å². The highest BCUT2D eigenvalue weighted by molar-refractivity contribution is 5.73. The number of furan rings is 1. The lowest BCUT2D eigenvalue weighted by atomic mass is 10.2. The van der Waals surface area contributed by atoms with Gasteiger partial charge >= 0.3 is 6.03 Å². The van der Waals surface area contributed by atoms with Gasteiger partial charge in [0, 0.05) is 0 Å². The van der Waals surface area contributed by atoms with Crippen molar-refractivity contribution in [2.45, 2.75) is 13.1 Å². The number of para-hydroxylation sites is 1. The van der Waals surface area contributed by atoms with E-state index in [1.54, 1.807) is 25.5 Å². The number of benzene rings is 1.